The van der Waals surface area contributed by atoms with Gasteiger partial charge in [0.2, 0.25) is 0 Å². The van der Waals surface area contributed by atoms with E-state index in [-0.39, 0.29) is 13.3 Å². The zero-order chi connectivity index (χ0) is 8.53. The van der Waals surface area contributed by atoms with Crippen LogP contribution in [0.1, 0.15) is 19.8 Å². The minimum atomic E-state index is -0.316. The maximum absolute atomic E-state index is 11.9. The summed E-state index contributed by atoms with van der Waals surface area (Å²) in [5.41, 5.74) is 0. The van der Waals surface area contributed by atoms with E-state index in [1.807, 2.05) is 4.90 Å². The van der Waals surface area contributed by atoms with Gasteiger partial charge in [0, 0.05) is 13.1 Å². The van der Waals surface area contributed by atoms with Gasteiger partial charge in [0.25, 0.3) is 0 Å². The molecule has 0 aromatic rings. The molecule has 0 heterocycles. The molecule has 0 rings (SSSR count). The third-order valence-electron chi connectivity index (χ3n) is 1.64. The average molecular weight is 163 g/mol. The highest BCUT2D eigenvalue weighted by Gasteiger charge is 2.01. The van der Waals surface area contributed by atoms with Crippen molar-refractivity contribution in [3.05, 3.63) is 0 Å². The molecule has 0 radical (unpaired) electrons. The fourth-order valence-electron chi connectivity index (χ4n) is 0.978. The number of rotatable bonds is 7. The summed E-state index contributed by atoms with van der Waals surface area (Å²) in [4.78, 5) is 1.95. The number of halogens is 1. The van der Waals surface area contributed by atoms with E-state index in [1.165, 1.54) is 0 Å². The summed E-state index contributed by atoms with van der Waals surface area (Å²) in [6.07, 6.45) is 2.20. The maximum atomic E-state index is 11.9. The Hall–Kier alpha value is -0.150. The first-order valence-corrected chi connectivity index (χ1v) is 4.24. The van der Waals surface area contributed by atoms with Crippen molar-refractivity contribution in [3.63, 3.8) is 0 Å². The Morgan fingerprint density at radius 2 is 2.00 bits per heavy atom. The molecule has 0 aliphatic heterocycles. The van der Waals surface area contributed by atoms with Gasteiger partial charge in [-0.1, -0.05) is 13.3 Å². The van der Waals surface area contributed by atoms with E-state index < -0.39 is 0 Å². The second kappa shape index (κ2) is 7.95. The topological polar surface area (TPSA) is 23.5 Å². The van der Waals surface area contributed by atoms with Crippen molar-refractivity contribution in [2.45, 2.75) is 19.8 Å². The van der Waals surface area contributed by atoms with Crippen molar-refractivity contribution in [3.8, 4) is 0 Å². The highest BCUT2D eigenvalue weighted by molar-refractivity contribution is 4.55. The smallest absolute Gasteiger partial charge is 0.102 e. The van der Waals surface area contributed by atoms with Crippen molar-refractivity contribution in [1.82, 2.24) is 4.90 Å². The molecule has 2 nitrogen and oxygen atoms in total. The molecule has 0 aliphatic carbocycles. The Bertz CT molecular complexity index is 74.5. The monoisotopic (exact) mass is 163 g/mol. The SMILES string of the molecule is CCCCN(CCO)CCF. The van der Waals surface area contributed by atoms with Crippen LogP contribution in [0.4, 0.5) is 4.39 Å². The first-order valence-electron chi connectivity index (χ1n) is 4.24. The van der Waals surface area contributed by atoms with Gasteiger partial charge in [-0.05, 0) is 13.0 Å². The van der Waals surface area contributed by atoms with Gasteiger partial charge < -0.3 is 5.11 Å². The van der Waals surface area contributed by atoms with Crippen LogP contribution in [-0.4, -0.2) is 42.9 Å². The molecule has 1 N–H and O–H groups in total. The molecule has 0 aliphatic rings. The summed E-state index contributed by atoms with van der Waals surface area (Å²) < 4.78 is 11.9. The molecule has 68 valence electrons. The lowest BCUT2D eigenvalue weighted by Gasteiger charge is -2.18. The van der Waals surface area contributed by atoms with Crippen LogP contribution in [-0.2, 0) is 0 Å². The molecule has 0 unspecified atom stereocenters. The van der Waals surface area contributed by atoms with Gasteiger partial charge in [-0.25, -0.2) is 4.39 Å². The molecule has 0 atom stereocenters. The van der Waals surface area contributed by atoms with Crippen LogP contribution in [0, 0.1) is 0 Å². The van der Waals surface area contributed by atoms with Gasteiger partial charge in [-0.3, -0.25) is 4.90 Å². The Kier molecular flexibility index (Phi) is 7.84. The predicted octanol–water partition coefficient (Wildman–Crippen LogP) is 1.05. The predicted molar refractivity (Wildman–Crippen MR) is 44.4 cm³/mol. The number of unbranched alkanes of at least 4 members (excludes halogenated alkanes) is 1. The summed E-state index contributed by atoms with van der Waals surface area (Å²) in [5, 5.41) is 8.60. The lowest BCUT2D eigenvalue weighted by molar-refractivity contribution is 0.184. The van der Waals surface area contributed by atoms with Crippen molar-refractivity contribution in [1.29, 1.82) is 0 Å². The van der Waals surface area contributed by atoms with Gasteiger partial charge in [0.05, 0.1) is 6.61 Å². The van der Waals surface area contributed by atoms with Gasteiger partial charge in [-0.15, -0.1) is 0 Å². The highest BCUT2D eigenvalue weighted by atomic mass is 19.1. The van der Waals surface area contributed by atoms with Crippen LogP contribution in [0.2, 0.25) is 0 Å². The molecule has 0 fully saturated rings. The molecule has 11 heavy (non-hydrogen) atoms. The molecule has 0 bridgehead atoms. The van der Waals surface area contributed by atoms with Crippen LogP contribution in [0.25, 0.3) is 0 Å². The molecule has 0 amide bonds. The number of aliphatic hydroxyl groups is 1. The van der Waals surface area contributed by atoms with Gasteiger partial charge in [0.15, 0.2) is 0 Å². The molecule has 0 spiro atoms. The molecule has 0 saturated carbocycles. The fourth-order valence-corrected chi connectivity index (χ4v) is 0.978. The normalized spacial score (nSPS) is 10.9. The number of aliphatic hydroxyl groups excluding tert-OH is 1. The quantitative estimate of drug-likeness (QED) is 0.606. The van der Waals surface area contributed by atoms with E-state index in [9.17, 15) is 4.39 Å². The van der Waals surface area contributed by atoms with E-state index >= 15 is 0 Å². The zero-order valence-electron chi connectivity index (χ0n) is 7.22. The van der Waals surface area contributed by atoms with Crippen LogP contribution in [0.5, 0.6) is 0 Å². The van der Waals surface area contributed by atoms with E-state index in [2.05, 4.69) is 6.92 Å². The summed E-state index contributed by atoms with van der Waals surface area (Å²) in [5.74, 6) is 0. The van der Waals surface area contributed by atoms with Crippen molar-refractivity contribution in [2.75, 3.05) is 32.9 Å². The molecule has 0 aromatic heterocycles. The zero-order valence-corrected chi connectivity index (χ0v) is 7.22. The largest absolute Gasteiger partial charge is 0.395 e. The summed E-state index contributed by atoms with van der Waals surface area (Å²) >= 11 is 0. The van der Waals surface area contributed by atoms with Crippen LogP contribution >= 0.6 is 0 Å². The lowest BCUT2D eigenvalue weighted by Crippen LogP contribution is -2.29. The number of alkyl halides is 1. The minimum Gasteiger partial charge on any atom is -0.395 e. The average Bonchev–Trinajstić information content (AvgIpc) is 2.01. The second-order valence-corrected chi connectivity index (χ2v) is 2.61. The Morgan fingerprint density at radius 1 is 1.27 bits per heavy atom. The molecule has 3 heteroatoms. The molecule has 0 saturated heterocycles. The van der Waals surface area contributed by atoms with E-state index in [4.69, 9.17) is 5.11 Å². The maximum Gasteiger partial charge on any atom is 0.102 e. The molecular formula is C8H18FNO. The third kappa shape index (κ3) is 6.26. The minimum absolute atomic E-state index is 0.129. The van der Waals surface area contributed by atoms with Gasteiger partial charge in [-0.2, -0.15) is 0 Å². The Labute approximate surface area is 68.0 Å². The fraction of sp³-hybridized carbons (Fsp3) is 1.00. The van der Waals surface area contributed by atoms with Crippen molar-refractivity contribution in [2.24, 2.45) is 0 Å². The third-order valence-corrected chi connectivity index (χ3v) is 1.64. The first kappa shape index (κ1) is 10.8. The van der Waals surface area contributed by atoms with Crippen molar-refractivity contribution >= 4 is 0 Å². The number of nitrogens with zero attached hydrogens (tertiary/aromatic N) is 1. The van der Waals surface area contributed by atoms with Crippen LogP contribution < -0.4 is 0 Å². The summed E-state index contributed by atoms with van der Waals surface area (Å²) in [7, 11) is 0. The standard InChI is InChI=1S/C8H18FNO/c1-2-3-5-10(6-4-9)7-8-11/h11H,2-8H2,1H3. The number of hydrogen-bond donors (Lipinski definition) is 1. The highest BCUT2D eigenvalue weighted by Crippen LogP contribution is 1.94. The summed E-state index contributed by atoms with van der Waals surface area (Å²) in [6.45, 7) is 3.88. The van der Waals surface area contributed by atoms with E-state index in [0.717, 1.165) is 19.4 Å². The van der Waals surface area contributed by atoms with Gasteiger partial charge in [0.1, 0.15) is 6.67 Å². The molecular weight excluding hydrogens is 145 g/mol. The Balaban J connectivity index is 3.34. The van der Waals surface area contributed by atoms with Crippen LogP contribution in [0.3, 0.4) is 0 Å². The lowest BCUT2D eigenvalue weighted by atomic mass is 10.3. The van der Waals surface area contributed by atoms with Crippen LogP contribution in [0.15, 0.2) is 0 Å². The molecule has 0 aromatic carbocycles. The van der Waals surface area contributed by atoms with E-state index in [1.54, 1.807) is 0 Å². The van der Waals surface area contributed by atoms with Gasteiger partial charge >= 0.3 is 0 Å². The Morgan fingerprint density at radius 3 is 2.45 bits per heavy atom. The number of hydrogen-bond acceptors (Lipinski definition) is 2. The first-order chi connectivity index (χ1) is 5.35. The van der Waals surface area contributed by atoms with E-state index in [0.29, 0.717) is 13.1 Å². The second-order valence-electron chi connectivity index (χ2n) is 2.61. The summed E-state index contributed by atoms with van der Waals surface area (Å²) in [6, 6.07) is 0. The van der Waals surface area contributed by atoms with Crippen molar-refractivity contribution < 1.29 is 9.50 Å².